The van der Waals surface area contributed by atoms with Gasteiger partial charge in [-0.1, -0.05) is 13.8 Å². The molecule has 3 heteroatoms. The second-order valence-corrected chi connectivity index (χ2v) is 4.36. The van der Waals surface area contributed by atoms with Crippen LogP contribution in [0, 0.1) is 17.1 Å². The van der Waals surface area contributed by atoms with E-state index < -0.39 is 0 Å². The maximum atomic E-state index is 13.2. The molecule has 0 spiro atoms. The summed E-state index contributed by atoms with van der Waals surface area (Å²) >= 11 is 0. The van der Waals surface area contributed by atoms with E-state index >= 15 is 0 Å². The summed E-state index contributed by atoms with van der Waals surface area (Å²) in [5.41, 5.74) is 2.54. The van der Waals surface area contributed by atoms with Gasteiger partial charge in [0.1, 0.15) is 5.82 Å². The lowest BCUT2D eigenvalue weighted by Gasteiger charge is -2.09. The van der Waals surface area contributed by atoms with Gasteiger partial charge in [0.15, 0.2) is 0 Å². The SMILES string of the molecule is CC(C)c1cc(CC#N)c2cc(F)ccc2n1. The van der Waals surface area contributed by atoms with Gasteiger partial charge in [-0.05, 0) is 35.7 Å². The molecule has 2 aromatic rings. The monoisotopic (exact) mass is 228 g/mol. The van der Waals surface area contributed by atoms with Crippen molar-refractivity contribution in [3.63, 3.8) is 0 Å². The van der Waals surface area contributed by atoms with Crippen LogP contribution < -0.4 is 0 Å². The number of hydrogen-bond acceptors (Lipinski definition) is 2. The van der Waals surface area contributed by atoms with E-state index in [0.29, 0.717) is 5.92 Å². The molecule has 2 nitrogen and oxygen atoms in total. The number of hydrogen-bond donors (Lipinski definition) is 0. The average molecular weight is 228 g/mol. The molecule has 1 aromatic carbocycles. The highest BCUT2D eigenvalue weighted by Crippen LogP contribution is 2.23. The Kier molecular flexibility index (Phi) is 3.06. The molecule has 0 unspecified atom stereocenters. The largest absolute Gasteiger partial charge is 0.253 e. The zero-order chi connectivity index (χ0) is 12.4. The molecule has 0 aliphatic carbocycles. The van der Waals surface area contributed by atoms with Gasteiger partial charge >= 0.3 is 0 Å². The van der Waals surface area contributed by atoms with E-state index in [2.05, 4.69) is 11.1 Å². The fourth-order valence-electron chi connectivity index (χ4n) is 1.82. The van der Waals surface area contributed by atoms with Crippen LogP contribution in [0.25, 0.3) is 10.9 Å². The van der Waals surface area contributed by atoms with Gasteiger partial charge in [-0.2, -0.15) is 5.26 Å². The first-order valence-electron chi connectivity index (χ1n) is 5.58. The minimum Gasteiger partial charge on any atom is -0.253 e. The zero-order valence-electron chi connectivity index (χ0n) is 9.87. The normalized spacial score (nSPS) is 10.8. The maximum absolute atomic E-state index is 13.2. The first-order chi connectivity index (χ1) is 8.11. The molecule has 0 radical (unpaired) electrons. The fourth-order valence-corrected chi connectivity index (χ4v) is 1.82. The van der Waals surface area contributed by atoms with Crippen molar-refractivity contribution in [3.8, 4) is 6.07 Å². The summed E-state index contributed by atoms with van der Waals surface area (Å²) in [6, 6.07) is 8.52. The molecule has 1 aromatic heterocycles. The molecular formula is C14H13FN2. The minimum atomic E-state index is -0.296. The van der Waals surface area contributed by atoms with Gasteiger partial charge in [0, 0.05) is 11.1 Å². The number of rotatable bonds is 2. The highest BCUT2D eigenvalue weighted by atomic mass is 19.1. The van der Waals surface area contributed by atoms with Crippen LogP contribution in [0.1, 0.15) is 31.0 Å². The van der Waals surface area contributed by atoms with E-state index in [0.717, 1.165) is 22.2 Å². The Balaban J connectivity index is 2.72. The number of halogens is 1. The van der Waals surface area contributed by atoms with Crippen molar-refractivity contribution in [2.45, 2.75) is 26.2 Å². The van der Waals surface area contributed by atoms with E-state index in [-0.39, 0.29) is 12.2 Å². The minimum absolute atomic E-state index is 0.280. The van der Waals surface area contributed by atoms with Crippen molar-refractivity contribution < 1.29 is 4.39 Å². The summed E-state index contributed by atoms with van der Waals surface area (Å²) in [6.45, 7) is 4.10. The van der Waals surface area contributed by atoms with Crippen molar-refractivity contribution in [3.05, 3.63) is 41.3 Å². The molecule has 0 aliphatic rings. The Morgan fingerprint density at radius 2 is 2.12 bits per heavy atom. The number of nitriles is 1. The molecule has 2 rings (SSSR count). The third-order valence-electron chi connectivity index (χ3n) is 2.74. The lowest BCUT2D eigenvalue weighted by Crippen LogP contribution is -1.97. The topological polar surface area (TPSA) is 36.7 Å². The lowest BCUT2D eigenvalue weighted by atomic mass is 10.0. The maximum Gasteiger partial charge on any atom is 0.123 e. The fraction of sp³-hybridized carbons (Fsp3) is 0.286. The van der Waals surface area contributed by atoms with E-state index in [4.69, 9.17) is 5.26 Å². The average Bonchev–Trinajstić information content (AvgIpc) is 2.29. The summed E-state index contributed by atoms with van der Waals surface area (Å²) in [6.07, 6.45) is 0.280. The van der Waals surface area contributed by atoms with Gasteiger partial charge in [0.2, 0.25) is 0 Å². The van der Waals surface area contributed by atoms with E-state index in [1.165, 1.54) is 12.1 Å². The Hall–Kier alpha value is -1.95. The van der Waals surface area contributed by atoms with E-state index in [9.17, 15) is 4.39 Å². The molecule has 86 valence electrons. The summed E-state index contributed by atoms with van der Waals surface area (Å²) in [5, 5.41) is 9.55. The summed E-state index contributed by atoms with van der Waals surface area (Å²) in [5.74, 6) is -0.00215. The number of fused-ring (bicyclic) bond motifs is 1. The van der Waals surface area contributed by atoms with Crippen LogP contribution in [0.4, 0.5) is 4.39 Å². The Morgan fingerprint density at radius 1 is 1.35 bits per heavy atom. The first kappa shape index (κ1) is 11.5. The predicted molar refractivity (Wildman–Crippen MR) is 65.1 cm³/mol. The van der Waals surface area contributed by atoms with Gasteiger partial charge in [0.25, 0.3) is 0 Å². The lowest BCUT2D eigenvalue weighted by molar-refractivity contribution is 0.629. The number of benzene rings is 1. The third-order valence-corrected chi connectivity index (χ3v) is 2.74. The van der Waals surface area contributed by atoms with Crippen molar-refractivity contribution >= 4 is 10.9 Å². The highest BCUT2D eigenvalue weighted by Gasteiger charge is 2.09. The molecule has 0 atom stereocenters. The zero-order valence-corrected chi connectivity index (χ0v) is 9.87. The second kappa shape index (κ2) is 4.50. The first-order valence-corrected chi connectivity index (χ1v) is 5.58. The van der Waals surface area contributed by atoms with Crippen LogP contribution in [-0.2, 0) is 6.42 Å². The molecule has 0 fully saturated rings. The number of nitrogens with zero attached hydrogens (tertiary/aromatic N) is 2. The Morgan fingerprint density at radius 3 is 2.76 bits per heavy atom. The van der Waals surface area contributed by atoms with Crippen LogP contribution in [0.3, 0.4) is 0 Å². The molecule has 0 saturated heterocycles. The van der Waals surface area contributed by atoms with Crippen molar-refractivity contribution in [1.82, 2.24) is 4.98 Å². The number of aromatic nitrogens is 1. The van der Waals surface area contributed by atoms with Gasteiger partial charge in [-0.3, -0.25) is 4.98 Å². The third kappa shape index (κ3) is 2.26. The van der Waals surface area contributed by atoms with Crippen molar-refractivity contribution in [2.75, 3.05) is 0 Å². The number of pyridine rings is 1. The van der Waals surface area contributed by atoms with Gasteiger partial charge in [0.05, 0.1) is 18.0 Å². The molecule has 0 amide bonds. The summed E-state index contributed by atoms with van der Waals surface area (Å²) in [4.78, 5) is 4.48. The molecule has 0 saturated carbocycles. The molecule has 0 N–H and O–H groups in total. The molecular weight excluding hydrogens is 215 g/mol. The molecule has 0 aliphatic heterocycles. The highest BCUT2D eigenvalue weighted by molar-refractivity contribution is 5.82. The van der Waals surface area contributed by atoms with Gasteiger partial charge in [-0.25, -0.2) is 4.39 Å². The van der Waals surface area contributed by atoms with Crippen LogP contribution in [0.5, 0.6) is 0 Å². The van der Waals surface area contributed by atoms with Crippen LogP contribution in [0.2, 0.25) is 0 Å². The summed E-state index contributed by atoms with van der Waals surface area (Å²) in [7, 11) is 0. The Labute approximate surface area is 99.7 Å². The van der Waals surface area contributed by atoms with Gasteiger partial charge < -0.3 is 0 Å². The standard InChI is InChI=1S/C14H13FN2/c1-9(2)14-7-10(5-6-16)12-8-11(15)3-4-13(12)17-14/h3-4,7-9H,5H2,1-2H3. The summed E-state index contributed by atoms with van der Waals surface area (Å²) < 4.78 is 13.2. The predicted octanol–water partition coefficient (Wildman–Crippen LogP) is 3.56. The molecule has 0 bridgehead atoms. The molecule has 17 heavy (non-hydrogen) atoms. The van der Waals surface area contributed by atoms with Crippen LogP contribution in [-0.4, -0.2) is 4.98 Å². The Bertz CT molecular complexity index is 597. The quantitative estimate of drug-likeness (QED) is 0.788. The van der Waals surface area contributed by atoms with Crippen molar-refractivity contribution in [2.24, 2.45) is 0 Å². The van der Waals surface area contributed by atoms with E-state index in [1.807, 2.05) is 19.9 Å². The van der Waals surface area contributed by atoms with Crippen molar-refractivity contribution in [1.29, 1.82) is 5.26 Å². The molecule has 1 heterocycles. The van der Waals surface area contributed by atoms with Gasteiger partial charge in [-0.15, -0.1) is 0 Å². The second-order valence-electron chi connectivity index (χ2n) is 4.36. The van der Waals surface area contributed by atoms with Crippen LogP contribution in [0.15, 0.2) is 24.3 Å². The smallest absolute Gasteiger partial charge is 0.123 e. The van der Waals surface area contributed by atoms with E-state index in [1.54, 1.807) is 6.07 Å². The van der Waals surface area contributed by atoms with Crippen LogP contribution >= 0.6 is 0 Å².